The van der Waals surface area contributed by atoms with E-state index in [1.54, 1.807) is 6.08 Å². The maximum absolute atomic E-state index is 3.36. The van der Waals surface area contributed by atoms with Gasteiger partial charge in [-0.3, -0.25) is 0 Å². The largest absolute Gasteiger partial charge is 0.103 e. The van der Waals surface area contributed by atoms with Crippen LogP contribution >= 0.6 is 0 Å². The van der Waals surface area contributed by atoms with Crippen LogP contribution in [0.4, 0.5) is 0 Å². The lowest BCUT2D eigenvalue weighted by atomic mass is 9.73. The molecule has 0 nitrogen and oxygen atoms in total. The molecule has 3 atom stereocenters. The molecular formula is C32H66. The van der Waals surface area contributed by atoms with Gasteiger partial charge in [-0.15, -0.1) is 6.58 Å². The summed E-state index contributed by atoms with van der Waals surface area (Å²) in [5.74, 6) is 3.09. The van der Waals surface area contributed by atoms with Gasteiger partial charge in [-0.2, -0.15) is 0 Å². The molecule has 0 aromatic heterocycles. The van der Waals surface area contributed by atoms with E-state index in [-0.39, 0.29) is 0 Å². The topological polar surface area (TPSA) is 0 Å². The minimum absolute atomic E-state index is 1.00. The predicted octanol–water partition coefficient (Wildman–Crippen LogP) is 12.4. The minimum Gasteiger partial charge on any atom is -0.103 e. The first-order chi connectivity index (χ1) is 15.3. The van der Waals surface area contributed by atoms with E-state index >= 15 is 0 Å². The standard InChI is InChI=1S/C11H22.C7H12.C7H14.C3H6.2C2H6/c1-4-10-7-6-9(3)11(5-2)8-10;1-4-5-6-7(2)3;1-4-6-7(3)5-2;1-3-2;2*1-2/h9-11H,4-8H2,1-3H3;4-6H,1-3H3;5H,4,6H2,1-3H3;3H,1H2,2H3;2*1-2H3/b;5-4-;7-5+;;;. The Labute approximate surface area is 207 Å². The van der Waals surface area contributed by atoms with Gasteiger partial charge in [0, 0.05) is 0 Å². The average molecular weight is 451 g/mol. The van der Waals surface area contributed by atoms with E-state index in [9.17, 15) is 0 Å². The normalized spacial score (nSPS) is 18.9. The highest BCUT2D eigenvalue weighted by Gasteiger charge is 2.24. The SMILES string of the molecule is C/C=C(\C)CCC.C/C=C\C=C(C)C.C=CC.CC.CC.CCC1CCC(C)C(CC)C1. The van der Waals surface area contributed by atoms with Crippen LogP contribution in [0.2, 0.25) is 0 Å². The van der Waals surface area contributed by atoms with Gasteiger partial charge in [0.25, 0.3) is 0 Å². The summed E-state index contributed by atoms with van der Waals surface area (Å²) in [6, 6.07) is 0. The Morgan fingerprint density at radius 2 is 1.38 bits per heavy atom. The molecule has 1 rings (SSSR count). The van der Waals surface area contributed by atoms with Gasteiger partial charge in [-0.1, -0.05) is 129 Å². The molecule has 0 aromatic rings. The fourth-order valence-corrected chi connectivity index (χ4v) is 3.28. The fraction of sp³-hybridized carbons (Fsp3) is 0.750. The van der Waals surface area contributed by atoms with Gasteiger partial charge in [0.05, 0.1) is 0 Å². The van der Waals surface area contributed by atoms with Crippen molar-refractivity contribution in [3.8, 4) is 0 Å². The summed E-state index contributed by atoms with van der Waals surface area (Å²) < 4.78 is 0. The number of allylic oxidation sites excluding steroid dienone is 7. The van der Waals surface area contributed by atoms with Crippen LogP contribution in [0.3, 0.4) is 0 Å². The molecule has 1 fully saturated rings. The highest BCUT2D eigenvalue weighted by atomic mass is 14.3. The van der Waals surface area contributed by atoms with Crippen LogP contribution < -0.4 is 0 Å². The lowest BCUT2D eigenvalue weighted by Gasteiger charge is -2.33. The third kappa shape index (κ3) is 36.3. The van der Waals surface area contributed by atoms with Crippen LogP contribution in [0.15, 0.2) is 48.1 Å². The van der Waals surface area contributed by atoms with Gasteiger partial charge < -0.3 is 0 Å². The maximum atomic E-state index is 3.36. The fourth-order valence-electron chi connectivity index (χ4n) is 3.28. The Morgan fingerprint density at radius 3 is 1.62 bits per heavy atom. The maximum Gasteiger partial charge on any atom is -0.0326 e. The number of hydrogen-bond donors (Lipinski definition) is 0. The molecule has 194 valence electrons. The third-order valence-electron chi connectivity index (χ3n) is 5.33. The second-order valence-corrected chi connectivity index (χ2v) is 8.30. The Balaban J connectivity index is -0.000000103. The summed E-state index contributed by atoms with van der Waals surface area (Å²) in [6.07, 6.45) is 19.9. The summed E-state index contributed by atoms with van der Waals surface area (Å²) in [5, 5.41) is 0. The van der Waals surface area contributed by atoms with E-state index in [0.29, 0.717) is 0 Å². The van der Waals surface area contributed by atoms with Crippen LogP contribution in [-0.2, 0) is 0 Å². The van der Waals surface area contributed by atoms with E-state index in [1.165, 1.54) is 56.1 Å². The Hall–Kier alpha value is -1.04. The lowest BCUT2D eigenvalue weighted by molar-refractivity contribution is 0.184. The molecule has 0 bridgehead atoms. The van der Waals surface area contributed by atoms with Gasteiger partial charge in [-0.05, 0) is 72.1 Å². The summed E-state index contributed by atoms with van der Waals surface area (Å²) in [4.78, 5) is 0. The monoisotopic (exact) mass is 451 g/mol. The molecule has 0 radical (unpaired) electrons. The first kappa shape index (κ1) is 41.2. The van der Waals surface area contributed by atoms with Crippen LogP contribution in [0, 0.1) is 17.8 Å². The molecule has 1 aliphatic rings. The molecule has 0 N–H and O–H groups in total. The predicted molar refractivity (Wildman–Crippen MR) is 158 cm³/mol. The third-order valence-corrected chi connectivity index (χ3v) is 5.33. The Morgan fingerprint density at radius 1 is 0.875 bits per heavy atom. The van der Waals surface area contributed by atoms with Crippen molar-refractivity contribution in [1.29, 1.82) is 0 Å². The van der Waals surface area contributed by atoms with Crippen molar-refractivity contribution in [3.63, 3.8) is 0 Å². The molecule has 3 unspecified atom stereocenters. The van der Waals surface area contributed by atoms with E-state index in [4.69, 9.17) is 0 Å². The van der Waals surface area contributed by atoms with Gasteiger partial charge in [0.2, 0.25) is 0 Å². The number of hydrogen-bond acceptors (Lipinski definition) is 0. The summed E-state index contributed by atoms with van der Waals surface area (Å²) in [7, 11) is 0. The van der Waals surface area contributed by atoms with Gasteiger partial charge in [-0.25, -0.2) is 0 Å². The van der Waals surface area contributed by atoms with Gasteiger partial charge in [0.1, 0.15) is 0 Å². The zero-order valence-corrected chi connectivity index (χ0v) is 25.3. The molecule has 32 heavy (non-hydrogen) atoms. The van der Waals surface area contributed by atoms with Gasteiger partial charge >= 0.3 is 0 Å². The smallest absolute Gasteiger partial charge is 0.0326 e. The van der Waals surface area contributed by atoms with Crippen molar-refractivity contribution in [2.45, 2.75) is 142 Å². The minimum atomic E-state index is 1.00. The molecule has 0 aliphatic heterocycles. The highest BCUT2D eigenvalue weighted by Crippen LogP contribution is 2.36. The second kappa shape index (κ2) is 37.3. The van der Waals surface area contributed by atoms with Crippen LogP contribution in [0.25, 0.3) is 0 Å². The molecule has 0 heteroatoms. The highest BCUT2D eigenvalue weighted by molar-refractivity contribution is 5.06. The Bertz CT molecular complexity index is 404. The van der Waals surface area contributed by atoms with Crippen LogP contribution in [0.1, 0.15) is 142 Å². The van der Waals surface area contributed by atoms with Crippen LogP contribution in [0.5, 0.6) is 0 Å². The summed E-state index contributed by atoms with van der Waals surface area (Å²) in [5.41, 5.74) is 2.85. The molecule has 0 aromatic carbocycles. The molecule has 1 aliphatic carbocycles. The first-order valence-electron chi connectivity index (χ1n) is 13.7. The lowest BCUT2D eigenvalue weighted by Crippen LogP contribution is -2.21. The van der Waals surface area contributed by atoms with Crippen molar-refractivity contribution in [2.75, 3.05) is 0 Å². The van der Waals surface area contributed by atoms with Crippen molar-refractivity contribution < 1.29 is 0 Å². The van der Waals surface area contributed by atoms with E-state index in [2.05, 4.69) is 74.1 Å². The van der Waals surface area contributed by atoms with E-state index in [0.717, 1.165) is 17.8 Å². The zero-order chi connectivity index (χ0) is 26.4. The van der Waals surface area contributed by atoms with Crippen molar-refractivity contribution in [2.24, 2.45) is 17.8 Å². The van der Waals surface area contributed by atoms with E-state index < -0.39 is 0 Å². The molecule has 0 spiro atoms. The van der Waals surface area contributed by atoms with E-state index in [1.807, 2.05) is 53.7 Å². The van der Waals surface area contributed by atoms with Crippen LogP contribution in [-0.4, -0.2) is 0 Å². The molecule has 0 saturated heterocycles. The Kier molecular flexibility index (Phi) is 48.0. The zero-order valence-electron chi connectivity index (χ0n) is 25.3. The molecule has 0 amide bonds. The van der Waals surface area contributed by atoms with Crippen molar-refractivity contribution in [1.82, 2.24) is 0 Å². The average Bonchev–Trinajstić information content (AvgIpc) is 2.82. The van der Waals surface area contributed by atoms with Crippen molar-refractivity contribution in [3.05, 3.63) is 48.1 Å². The van der Waals surface area contributed by atoms with Gasteiger partial charge in [0.15, 0.2) is 0 Å². The summed E-state index contributed by atoms with van der Waals surface area (Å²) in [6.45, 7) is 33.0. The first-order valence-corrected chi connectivity index (χ1v) is 13.7. The summed E-state index contributed by atoms with van der Waals surface area (Å²) >= 11 is 0. The van der Waals surface area contributed by atoms with Crippen molar-refractivity contribution >= 4 is 0 Å². The second-order valence-electron chi connectivity index (χ2n) is 8.30. The molecule has 0 heterocycles. The quantitative estimate of drug-likeness (QED) is 0.288. The molecule has 1 saturated carbocycles. The number of rotatable bonds is 5. The molecular weight excluding hydrogens is 384 g/mol.